The highest BCUT2D eigenvalue weighted by Crippen LogP contribution is 2.14. The smallest absolute Gasteiger partial charge is 0.238 e. The van der Waals surface area contributed by atoms with Crippen molar-refractivity contribution in [2.45, 2.75) is 19.8 Å². The van der Waals surface area contributed by atoms with Gasteiger partial charge in [0, 0.05) is 5.69 Å². The van der Waals surface area contributed by atoms with E-state index in [0.29, 0.717) is 18.5 Å². The number of amides is 1. The largest absolute Gasteiger partial charge is 0.325 e. The summed E-state index contributed by atoms with van der Waals surface area (Å²) in [6, 6.07) is 14.5. The Kier molecular flexibility index (Phi) is 6.10. The van der Waals surface area contributed by atoms with Crippen molar-refractivity contribution in [2.24, 2.45) is 0 Å². The number of benzene rings is 2. The highest BCUT2D eigenvalue weighted by Gasteiger charge is 2.05. The molecular formula is C18H21FN2O. The monoisotopic (exact) mass is 300 g/mol. The van der Waals surface area contributed by atoms with E-state index in [2.05, 4.69) is 17.6 Å². The topological polar surface area (TPSA) is 41.1 Å². The van der Waals surface area contributed by atoms with E-state index in [9.17, 15) is 9.18 Å². The molecule has 0 aliphatic carbocycles. The molecule has 0 saturated carbocycles. The minimum Gasteiger partial charge on any atom is -0.325 e. The Hall–Kier alpha value is -2.20. The first-order valence-corrected chi connectivity index (χ1v) is 7.52. The van der Waals surface area contributed by atoms with E-state index in [4.69, 9.17) is 0 Å². The molecule has 2 aromatic carbocycles. The maximum Gasteiger partial charge on any atom is 0.238 e. The lowest BCUT2D eigenvalue weighted by atomic mass is 10.1. The summed E-state index contributed by atoms with van der Waals surface area (Å²) < 4.78 is 13.4. The summed E-state index contributed by atoms with van der Waals surface area (Å²) in [5, 5.41) is 5.94. The lowest BCUT2D eigenvalue weighted by Crippen LogP contribution is -2.29. The van der Waals surface area contributed by atoms with Crippen LogP contribution in [0.4, 0.5) is 10.1 Å². The van der Waals surface area contributed by atoms with Gasteiger partial charge >= 0.3 is 0 Å². The second-order valence-corrected chi connectivity index (χ2v) is 5.08. The molecule has 0 spiro atoms. The molecule has 0 atom stereocenters. The molecule has 3 nitrogen and oxygen atoms in total. The maximum absolute atomic E-state index is 13.4. The van der Waals surface area contributed by atoms with Gasteiger partial charge in [0.15, 0.2) is 0 Å². The number of hydrogen-bond donors (Lipinski definition) is 2. The van der Waals surface area contributed by atoms with Crippen molar-refractivity contribution >= 4 is 11.6 Å². The number of halogens is 1. The first-order chi connectivity index (χ1) is 10.7. The van der Waals surface area contributed by atoms with Gasteiger partial charge in [-0.2, -0.15) is 0 Å². The predicted molar refractivity (Wildman–Crippen MR) is 87.4 cm³/mol. The van der Waals surface area contributed by atoms with E-state index in [1.165, 1.54) is 6.07 Å². The summed E-state index contributed by atoms with van der Waals surface area (Å²) in [7, 11) is 0. The predicted octanol–water partition coefficient (Wildman–Crippen LogP) is 3.16. The fourth-order valence-electron chi connectivity index (χ4n) is 2.27. The molecule has 0 unspecified atom stereocenters. The molecule has 2 rings (SSSR count). The van der Waals surface area contributed by atoms with Gasteiger partial charge in [-0.25, -0.2) is 4.39 Å². The highest BCUT2D eigenvalue weighted by molar-refractivity contribution is 5.92. The molecule has 116 valence electrons. The van der Waals surface area contributed by atoms with E-state index >= 15 is 0 Å². The summed E-state index contributed by atoms with van der Waals surface area (Å²) in [5.74, 6) is -0.292. The zero-order chi connectivity index (χ0) is 15.8. The second-order valence-electron chi connectivity index (χ2n) is 5.08. The Morgan fingerprint density at radius 3 is 2.45 bits per heavy atom. The Bertz CT molecular complexity index is 628. The Morgan fingerprint density at radius 2 is 1.73 bits per heavy atom. The van der Waals surface area contributed by atoms with Crippen LogP contribution in [-0.2, 0) is 17.6 Å². The van der Waals surface area contributed by atoms with Crippen LogP contribution in [0.25, 0.3) is 0 Å². The van der Waals surface area contributed by atoms with E-state index in [1.54, 1.807) is 12.1 Å². The molecule has 0 aliphatic heterocycles. The minimum absolute atomic E-state index is 0.0885. The van der Waals surface area contributed by atoms with Gasteiger partial charge in [0.25, 0.3) is 0 Å². The van der Waals surface area contributed by atoms with Crippen LogP contribution in [0.5, 0.6) is 0 Å². The molecule has 0 bridgehead atoms. The number of carbonyl (C=O) groups excluding carboxylic acids is 1. The average Bonchev–Trinajstić information content (AvgIpc) is 2.53. The van der Waals surface area contributed by atoms with Crippen molar-refractivity contribution in [2.75, 3.05) is 18.4 Å². The van der Waals surface area contributed by atoms with Crippen LogP contribution >= 0.6 is 0 Å². The van der Waals surface area contributed by atoms with Gasteiger partial charge in [-0.3, -0.25) is 4.79 Å². The van der Waals surface area contributed by atoms with Crippen molar-refractivity contribution in [3.05, 3.63) is 65.5 Å². The summed E-state index contributed by atoms with van der Waals surface area (Å²) in [5.41, 5.74) is 2.62. The first-order valence-electron chi connectivity index (χ1n) is 7.52. The van der Waals surface area contributed by atoms with Gasteiger partial charge in [0.2, 0.25) is 5.91 Å². The zero-order valence-electron chi connectivity index (χ0n) is 12.7. The SMILES string of the molecule is CCc1ccccc1NC(=O)CNCCc1ccccc1F. The zero-order valence-corrected chi connectivity index (χ0v) is 12.7. The molecule has 4 heteroatoms. The minimum atomic E-state index is -0.203. The summed E-state index contributed by atoms with van der Waals surface area (Å²) in [6.07, 6.45) is 1.43. The number of carbonyl (C=O) groups is 1. The number of aryl methyl sites for hydroxylation is 1. The molecule has 1 amide bonds. The lowest BCUT2D eigenvalue weighted by molar-refractivity contribution is -0.115. The van der Waals surface area contributed by atoms with Crippen LogP contribution in [0, 0.1) is 5.82 Å². The van der Waals surface area contributed by atoms with Crippen molar-refractivity contribution in [1.29, 1.82) is 0 Å². The van der Waals surface area contributed by atoms with Crippen molar-refractivity contribution in [3.8, 4) is 0 Å². The molecule has 0 heterocycles. The number of hydrogen-bond acceptors (Lipinski definition) is 2. The van der Waals surface area contributed by atoms with Crippen LogP contribution < -0.4 is 10.6 Å². The van der Waals surface area contributed by atoms with Gasteiger partial charge in [-0.05, 0) is 42.6 Å². The molecule has 2 N–H and O–H groups in total. The number of nitrogens with one attached hydrogen (secondary N) is 2. The lowest BCUT2D eigenvalue weighted by Gasteiger charge is -2.10. The van der Waals surface area contributed by atoms with Crippen LogP contribution in [0.1, 0.15) is 18.1 Å². The maximum atomic E-state index is 13.4. The van der Waals surface area contributed by atoms with Crippen LogP contribution in [0.15, 0.2) is 48.5 Å². The van der Waals surface area contributed by atoms with E-state index < -0.39 is 0 Å². The molecule has 0 saturated heterocycles. The van der Waals surface area contributed by atoms with Crippen LogP contribution in [0.2, 0.25) is 0 Å². The Balaban J connectivity index is 1.75. The molecule has 22 heavy (non-hydrogen) atoms. The van der Waals surface area contributed by atoms with Gasteiger partial charge in [0.1, 0.15) is 5.82 Å². The molecule has 0 fully saturated rings. The number of para-hydroxylation sites is 1. The summed E-state index contributed by atoms with van der Waals surface area (Å²) in [6.45, 7) is 2.83. The second kappa shape index (κ2) is 8.29. The average molecular weight is 300 g/mol. The number of anilines is 1. The Morgan fingerprint density at radius 1 is 1.05 bits per heavy atom. The third-order valence-electron chi connectivity index (χ3n) is 3.49. The third-order valence-corrected chi connectivity index (χ3v) is 3.49. The van der Waals surface area contributed by atoms with E-state index in [1.807, 2.05) is 30.3 Å². The molecular weight excluding hydrogens is 279 g/mol. The molecule has 0 aliphatic rings. The summed E-state index contributed by atoms with van der Waals surface area (Å²) in [4.78, 5) is 11.9. The molecule has 0 aromatic heterocycles. The van der Waals surface area contributed by atoms with Gasteiger partial charge < -0.3 is 10.6 Å². The van der Waals surface area contributed by atoms with Crippen LogP contribution in [0.3, 0.4) is 0 Å². The normalized spacial score (nSPS) is 10.5. The van der Waals surface area contributed by atoms with E-state index in [-0.39, 0.29) is 18.3 Å². The van der Waals surface area contributed by atoms with Gasteiger partial charge in [-0.15, -0.1) is 0 Å². The molecule has 0 radical (unpaired) electrons. The first kappa shape index (κ1) is 16.2. The van der Waals surface area contributed by atoms with Crippen molar-refractivity contribution in [3.63, 3.8) is 0 Å². The fraction of sp³-hybridized carbons (Fsp3) is 0.278. The standard InChI is InChI=1S/C18H21FN2O/c1-2-14-7-4-6-10-17(14)21-18(22)13-20-12-11-15-8-3-5-9-16(15)19/h3-10,20H,2,11-13H2,1H3,(H,21,22). The van der Waals surface area contributed by atoms with E-state index in [0.717, 1.165) is 17.7 Å². The van der Waals surface area contributed by atoms with Gasteiger partial charge in [-0.1, -0.05) is 43.3 Å². The highest BCUT2D eigenvalue weighted by atomic mass is 19.1. The fourth-order valence-corrected chi connectivity index (χ4v) is 2.27. The van der Waals surface area contributed by atoms with Gasteiger partial charge in [0.05, 0.1) is 6.54 Å². The van der Waals surface area contributed by atoms with Crippen molar-refractivity contribution < 1.29 is 9.18 Å². The Labute approximate surface area is 130 Å². The number of rotatable bonds is 7. The van der Waals surface area contributed by atoms with Crippen LogP contribution in [-0.4, -0.2) is 19.0 Å². The quantitative estimate of drug-likeness (QED) is 0.771. The summed E-state index contributed by atoms with van der Waals surface area (Å²) >= 11 is 0. The van der Waals surface area contributed by atoms with Crippen molar-refractivity contribution in [1.82, 2.24) is 5.32 Å². The third kappa shape index (κ3) is 4.67. The molecule has 2 aromatic rings.